The molecular formula is C59H82Br2ClNO11S. The van der Waals surface area contributed by atoms with Gasteiger partial charge >= 0.3 is 23.9 Å². The Labute approximate surface area is 472 Å². The lowest BCUT2D eigenvalue weighted by Crippen LogP contribution is -2.17. The van der Waals surface area contributed by atoms with Gasteiger partial charge in [-0.2, -0.15) is 0 Å². The van der Waals surface area contributed by atoms with Crippen LogP contribution in [0.4, 0.5) is 5.69 Å². The second-order valence-corrected chi connectivity index (χ2v) is 21.8. The Balaban J connectivity index is 0.000000525. The smallest absolute Gasteiger partial charge is 0.341 e. The van der Waals surface area contributed by atoms with Gasteiger partial charge in [0.25, 0.3) is 5.69 Å². The number of unbranched alkanes of at least 4 members (excludes halogenated alkanes) is 23. The highest BCUT2D eigenvalue weighted by molar-refractivity contribution is 9.12. The number of hydrogen-bond donors (Lipinski definition) is 4. The van der Waals surface area contributed by atoms with Crippen LogP contribution in [-0.2, 0) is 20.1 Å². The van der Waals surface area contributed by atoms with Crippen molar-refractivity contribution in [1.29, 1.82) is 0 Å². The first-order chi connectivity index (χ1) is 36.1. The average Bonchev–Trinajstić information content (AvgIpc) is 3.39. The largest absolute Gasteiger partial charge is 0.481 e. The number of benzene rings is 4. The topological polar surface area (TPSA) is 202 Å². The van der Waals surface area contributed by atoms with E-state index < -0.39 is 38.5 Å². The fourth-order valence-corrected chi connectivity index (χ4v) is 9.81. The summed E-state index contributed by atoms with van der Waals surface area (Å²) >= 11 is 13.7. The van der Waals surface area contributed by atoms with Crippen LogP contribution in [-0.4, -0.2) is 60.7 Å². The Morgan fingerprint density at radius 2 is 1.05 bits per heavy atom. The standard InChI is InChI=1S/C27H54O2.C14H12O2S.C9H7Br2NO4.C9H9ClO3/c1-2-3-4-5-6-7-8-9-10-11-12-13-14-15-16-17-18-19-20-21-22-23-24-25-26-27(28)29;15-14(16)13-9-5-4-6-11(13)10-17-12-7-2-1-3-8-12;10-7(8(11)9(13)14)5-1-3-6(4-2-5)12(15)16;1-6-3-2-4-7(10)9(6)13-5-8(11)12/h2-26H2,1H3,(H,28,29);1-9H,10H2,(H,15,16);1-4,7-8H,(H,13,14);2-4H,5H2,1H3,(H,11,12). The summed E-state index contributed by atoms with van der Waals surface area (Å²) in [6.07, 6.45) is 33.5. The molecule has 4 N–H and O–H groups in total. The number of thioether (sulfide) groups is 1. The molecular weight excluding hydrogens is 1130 g/mol. The van der Waals surface area contributed by atoms with Gasteiger partial charge in [0, 0.05) is 29.2 Å². The summed E-state index contributed by atoms with van der Waals surface area (Å²) in [5, 5.41) is 45.7. The number of carbonyl (C=O) groups is 4. The highest BCUT2D eigenvalue weighted by Gasteiger charge is 2.25. The number of halogens is 3. The van der Waals surface area contributed by atoms with Gasteiger partial charge in [0.2, 0.25) is 0 Å². The predicted octanol–water partition coefficient (Wildman–Crippen LogP) is 18.5. The second kappa shape index (κ2) is 44.7. The number of para-hydroxylation sites is 1. The summed E-state index contributed by atoms with van der Waals surface area (Å²) in [6, 6.07) is 28.1. The third kappa shape index (κ3) is 35.5. The minimum absolute atomic E-state index is 0.0232. The maximum atomic E-state index is 11.0. The van der Waals surface area contributed by atoms with Crippen LogP contribution in [0.25, 0.3) is 0 Å². The van der Waals surface area contributed by atoms with Gasteiger partial charge in [-0.15, -0.1) is 11.8 Å². The number of non-ortho nitro benzene ring substituents is 1. The number of nitro benzene ring substituents is 1. The van der Waals surface area contributed by atoms with E-state index in [1.165, 1.54) is 166 Å². The number of carboxylic acids is 4. The molecule has 75 heavy (non-hydrogen) atoms. The van der Waals surface area contributed by atoms with Gasteiger partial charge in [0.1, 0.15) is 10.6 Å². The molecule has 0 heterocycles. The van der Waals surface area contributed by atoms with Crippen LogP contribution in [0.2, 0.25) is 5.02 Å². The molecule has 0 aromatic heterocycles. The van der Waals surface area contributed by atoms with E-state index in [1.54, 1.807) is 36.0 Å². The van der Waals surface area contributed by atoms with Crippen molar-refractivity contribution in [2.45, 2.75) is 195 Å². The van der Waals surface area contributed by atoms with Crippen molar-refractivity contribution in [2.75, 3.05) is 6.61 Å². The molecule has 0 aliphatic carbocycles. The average molecular weight is 1210 g/mol. The summed E-state index contributed by atoms with van der Waals surface area (Å²) in [4.78, 5) is 52.2. The molecule has 0 aliphatic heterocycles. The van der Waals surface area contributed by atoms with Crippen molar-refractivity contribution in [3.63, 3.8) is 0 Å². The number of nitrogens with zero attached hydrogens (tertiary/aromatic N) is 1. The van der Waals surface area contributed by atoms with E-state index in [-0.39, 0.29) is 12.3 Å². The molecule has 416 valence electrons. The fourth-order valence-electron chi connectivity index (χ4n) is 7.78. The van der Waals surface area contributed by atoms with Crippen LogP contribution in [0.1, 0.15) is 199 Å². The van der Waals surface area contributed by atoms with E-state index in [4.69, 9.17) is 36.8 Å². The number of carboxylic acid groups (broad SMARTS) is 4. The number of nitro groups is 1. The van der Waals surface area contributed by atoms with Gasteiger partial charge in [-0.1, -0.05) is 259 Å². The zero-order valence-electron chi connectivity index (χ0n) is 44.1. The molecule has 12 nitrogen and oxygen atoms in total. The van der Waals surface area contributed by atoms with E-state index >= 15 is 0 Å². The van der Waals surface area contributed by atoms with Gasteiger partial charge in [-0.25, -0.2) is 9.59 Å². The number of hydrogen-bond acceptors (Lipinski definition) is 8. The van der Waals surface area contributed by atoms with Crippen molar-refractivity contribution in [1.82, 2.24) is 0 Å². The van der Waals surface area contributed by atoms with Crippen molar-refractivity contribution in [3.05, 3.63) is 134 Å². The molecule has 4 aromatic carbocycles. The van der Waals surface area contributed by atoms with Crippen LogP contribution in [0, 0.1) is 17.0 Å². The second-order valence-electron chi connectivity index (χ2n) is 18.4. The Morgan fingerprint density at radius 1 is 0.600 bits per heavy atom. The highest BCUT2D eigenvalue weighted by atomic mass is 79.9. The van der Waals surface area contributed by atoms with Gasteiger partial charge in [0.05, 0.1) is 20.3 Å². The lowest BCUT2D eigenvalue weighted by molar-refractivity contribution is -0.384. The zero-order chi connectivity index (χ0) is 55.5. The molecule has 4 aromatic rings. The monoisotopic (exact) mass is 1210 g/mol. The van der Waals surface area contributed by atoms with Gasteiger partial charge in [-0.05, 0) is 54.3 Å². The molecule has 0 saturated carbocycles. The number of alkyl halides is 2. The highest BCUT2D eigenvalue weighted by Crippen LogP contribution is 2.32. The summed E-state index contributed by atoms with van der Waals surface area (Å²) in [5.74, 6) is -2.42. The summed E-state index contributed by atoms with van der Waals surface area (Å²) in [5.41, 5.74) is 2.71. The van der Waals surface area contributed by atoms with Crippen molar-refractivity contribution < 1.29 is 49.3 Å². The SMILES string of the molecule is CCCCCCCCCCCCCCCCCCCCCCCCCCC(=O)O.Cc1cccc(Cl)c1OCC(=O)O.O=C(O)C(Br)C(Br)c1ccc([N+](=O)[O-])cc1.O=C(O)c1ccccc1CSc1ccccc1. The van der Waals surface area contributed by atoms with Crippen LogP contribution < -0.4 is 4.74 Å². The van der Waals surface area contributed by atoms with Gasteiger partial charge in [-0.3, -0.25) is 19.7 Å². The van der Waals surface area contributed by atoms with Gasteiger partial charge < -0.3 is 25.2 Å². The van der Waals surface area contributed by atoms with E-state index in [9.17, 15) is 29.3 Å². The third-order valence-corrected chi connectivity index (χ3v) is 16.1. The lowest BCUT2D eigenvalue weighted by atomic mass is 10.0. The first kappa shape index (κ1) is 68.6. The van der Waals surface area contributed by atoms with Crippen molar-refractivity contribution in [3.8, 4) is 5.75 Å². The van der Waals surface area contributed by atoms with Crippen LogP contribution in [0.15, 0.2) is 102 Å². The van der Waals surface area contributed by atoms with E-state index in [0.29, 0.717) is 34.1 Å². The molecule has 0 saturated heterocycles. The minimum atomic E-state index is -1.01. The lowest BCUT2D eigenvalue weighted by Gasteiger charge is -2.12. The van der Waals surface area contributed by atoms with E-state index in [2.05, 4.69) is 38.8 Å². The van der Waals surface area contributed by atoms with E-state index in [1.807, 2.05) is 55.5 Å². The molecule has 0 spiro atoms. The van der Waals surface area contributed by atoms with E-state index in [0.717, 1.165) is 28.9 Å². The number of aromatic carboxylic acids is 1. The molecule has 2 unspecified atom stereocenters. The van der Waals surface area contributed by atoms with Crippen LogP contribution in [0.5, 0.6) is 5.75 Å². The first-order valence-corrected chi connectivity index (χ1v) is 29.8. The number of aliphatic carboxylic acids is 3. The quantitative estimate of drug-likeness (QED) is 0.0111. The molecule has 0 fully saturated rings. The first-order valence-electron chi connectivity index (χ1n) is 26.6. The summed E-state index contributed by atoms with van der Waals surface area (Å²) < 4.78 is 5.00. The summed E-state index contributed by atoms with van der Waals surface area (Å²) in [7, 11) is 0. The predicted molar refractivity (Wildman–Crippen MR) is 313 cm³/mol. The maximum Gasteiger partial charge on any atom is 0.341 e. The maximum absolute atomic E-state index is 11.0. The Hall–Kier alpha value is -4.44. The number of aryl methyl sites for hydroxylation is 1. The number of rotatable bonds is 36. The zero-order valence-corrected chi connectivity index (χ0v) is 48.9. The fraction of sp³-hybridized carbons (Fsp3) is 0.525. The molecule has 4 rings (SSSR count). The number of ether oxygens (including phenoxy) is 1. The Bertz CT molecular complexity index is 2150. The Kier molecular flexibility index (Phi) is 40.8. The van der Waals surface area contributed by atoms with Gasteiger partial charge in [0.15, 0.2) is 6.61 Å². The Morgan fingerprint density at radius 3 is 1.47 bits per heavy atom. The van der Waals surface area contributed by atoms with Crippen molar-refractivity contribution in [2.24, 2.45) is 0 Å². The minimum Gasteiger partial charge on any atom is -0.481 e. The molecule has 0 aliphatic rings. The van der Waals surface area contributed by atoms with Crippen molar-refractivity contribution >= 4 is 84.8 Å². The molecule has 0 radical (unpaired) electrons. The summed E-state index contributed by atoms with van der Waals surface area (Å²) in [6.45, 7) is 3.73. The molecule has 0 bridgehead atoms. The van der Waals surface area contributed by atoms with Crippen LogP contribution >= 0.6 is 55.2 Å². The third-order valence-electron chi connectivity index (χ3n) is 12.0. The molecule has 0 amide bonds. The normalized spacial score (nSPS) is 11.3. The molecule has 2 atom stereocenters. The molecule has 16 heteroatoms. The van der Waals surface area contributed by atoms with Crippen LogP contribution in [0.3, 0.4) is 0 Å².